The van der Waals surface area contributed by atoms with E-state index in [1.54, 1.807) is 0 Å². The van der Waals surface area contributed by atoms with Gasteiger partial charge in [0.1, 0.15) is 0 Å². The van der Waals surface area contributed by atoms with Crippen LogP contribution in [0.15, 0.2) is 0 Å². The van der Waals surface area contributed by atoms with Crippen molar-refractivity contribution in [1.29, 1.82) is 0 Å². The van der Waals surface area contributed by atoms with Gasteiger partial charge in [-0.1, -0.05) is 20.3 Å². The van der Waals surface area contributed by atoms with Crippen LogP contribution >= 0.6 is 0 Å². The molecule has 0 bridgehead atoms. The molecule has 1 saturated carbocycles. The highest BCUT2D eigenvalue weighted by Gasteiger charge is 2.27. The van der Waals surface area contributed by atoms with E-state index in [0.29, 0.717) is 6.04 Å². The van der Waals surface area contributed by atoms with Gasteiger partial charge in [0.2, 0.25) is 0 Å². The minimum absolute atomic E-state index is 0.244. The summed E-state index contributed by atoms with van der Waals surface area (Å²) in [5, 5.41) is 12.5. The smallest absolute Gasteiger partial charge is 0.0582 e. The normalized spacial score (nSPS) is 33.2. The number of aliphatic hydroxyl groups is 1. The lowest BCUT2D eigenvalue weighted by molar-refractivity contribution is 0.166. The monoisotopic (exact) mass is 185 g/mol. The summed E-state index contributed by atoms with van der Waals surface area (Å²) in [6, 6.07) is 0.851. The Morgan fingerprint density at radius 3 is 2.31 bits per heavy atom. The maximum Gasteiger partial charge on any atom is 0.0582 e. The van der Waals surface area contributed by atoms with Crippen LogP contribution in [-0.2, 0) is 0 Å². The maximum absolute atomic E-state index is 8.98. The van der Waals surface area contributed by atoms with Gasteiger partial charge in [-0.3, -0.25) is 0 Å². The average molecular weight is 185 g/mol. The molecular formula is C11H23NO. The van der Waals surface area contributed by atoms with Gasteiger partial charge in [0.05, 0.1) is 6.61 Å². The highest BCUT2D eigenvalue weighted by molar-refractivity contribution is 4.84. The Morgan fingerprint density at radius 2 is 1.85 bits per heavy atom. The zero-order valence-electron chi connectivity index (χ0n) is 9.09. The lowest BCUT2D eigenvalue weighted by Crippen LogP contribution is -2.47. The van der Waals surface area contributed by atoms with Crippen LogP contribution in [0.3, 0.4) is 0 Å². The predicted octanol–water partition coefficient (Wildman–Crippen LogP) is 1.78. The van der Waals surface area contributed by atoms with Crippen LogP contribution in [0.2, 0.25) is 0 Å². The first-order chi connectivity index (χ1) is 6.15. The fourth-order valence-corrected chi connectivity index (χ4v) is 2.39. The molecule has 1 aliphatic rings. The molecule has 0 aromatic heterocycles. The van der Waals surface area contributed by atoms with Crippen molar-refractivity contribution in [2.75, 3.05) is 6.61 Å². The Bertz CT molecular complexity index is 139. The Kier molecular flexibility index (Phi) is 4.20. The Labute approximate surface area is 81.7 Å². The van der Waals surface area contributed by atoms with Crippen molar-refractivity contribution in [2.24, 2.45) is 11.8 Å². The van der Waals surface area contributed by atoms with Gasteiger partial charge in [-0.25, -0.2) is 0 Å². The molecule has 78 valence electrons. The van der Waals surface area contributed by atoms with Gasteiger partial charge in [-0.05, 0) is 31.6 Å². The zero-order valence-corrected chi connectivity index (χ0v) is 9.09. The SMILES string of the molecule is C[C@H](CO)NC1[C@H](C)CCC[C@H]1C. The lowest BCUT2D eigenvalue weighted by atomic mass is 9.78. The van der Waals surface area contributed by atoms with E-state index in [4.69, 9.17) is 5.11 Å². The van der Waals surface area contributed by atoms with E-state index in [1.807, 2.05) is 6.92 Å². The highest BCUT2D eigenvalue weighted by Crippen LogP contribution is 2.28. The Hall–Kier alpha value is -0.0800. The Balaban J connectivity index is 2.43. The summed E-state index contributed by atoms with van der Waals surface area (Å²) in [4.78, 5) is 0. The fraction of sp³-hybridized carbons (Fsp3) is 1.00. The molecule has 0 aliphatic heterocycles. The maximum atomic E-state index is 8.98. The molecule has 0 unspecified atom stereocenters. The molecule has 2 nitrogen and oxygen atoms in total. The van der Waals surface area contributed by atoms with E-state index in [2.05, 4.69) is 19.2 Å². The molecule has 1 fully saturated rings. The first kappa shape index (κ1) is 11.0. The minimum atomic E-state index is 0.244. The number of nitrogens with one attached hydrogen (secondary N) is 1. The van der Waals surface area contributed by atoms with Crippen molar-refractivity contribution in [3.8, 4) is 0 Å². The van der Waals surface area contributed by atoms with Crippen molar-refractivity contribution in [2.45, 2.75) is 52.1 Å². The quantitative estimate of drug-likeness (QED) is 0.702. The van der Waals surface area contributed by atoms with Crippen LogP contribution in [0.1, 0.15) is 40.0 Å². The van der Waals surface area contributed by atoms with Crippen molar-refractivity contribution >= 4 is 0 Å². The second-order valence-electron chi connectivity index (χ2n) is 4.66. The van der Waals surface area contributed by atoms with Crippen molar-refractivity contribution < 1.29 is 5.11 Å². The molecule has 13 heavy (non-hydrogen) atoms. The van der Waals surface area contributed by atoms with Crippen LogP contribution in [0, 0.1) is 11.8 Å². The third-order valence-electron chi connectivity index (χ3n) is 3.30. The molecule has 0 aromatic carbocycles. The van der Waals surface area contributed by atoms with E-state index >= 15 is 0 Å². The van der Waals surface area contributed by atoms with Crippen molar-refractivity contribution in [3.63, 3.8) is 0 Å². The second kappa shape index (κ2) is 4.97. The van der Waals surface area contributed by atoms with E-state index in [0.717, 1.165) is 11.8 Å². The molecule has 2 heteroatoms. The average Bonchev–Trinajstić information content (AvgIpc) is 2.11. The molecule has 0 saturated heterocycles. The van der Waals surface area contributed by atoms with Crippen LogP contribution in [0.5, 0.6) is 0 Å². The fourth-order valence-electron chi connectivity index (χ4n) is 2.39. The molecule has 0 heterocycles. The van der Waals surface area contributed by atoms with Crippen molar-refractivity contribution in [1.82, 2.24) is 5.32 Å². The standard InChI is InChI=1S/C11H23NO/c1-8-5-4-6-9(2)11(8)12-10(3)7-13/h8-13H,4-7H2,1-3H3/t8-,9-,10-/m1/s1. The van der Waals surface area contributed by atoms with Gasteiger partial charge >= 0.3 is 0 Å². The molecule has 0 radical (unpaired) electrons. The molecule has 0 amide bonds. The van der Waals surface area contributed by atoms with Crippen molar-refractivity contribution in [3.05, 3.63) is 0 Å². The highest BCUT2D eigenvalue weighted by atomic mass is 16.3. The van der Waals surface area contributed by atoms with Crippen LogP contribution in [-0.4, -0.2) is 23.8 Å². The van der Waals surface area contributed by atoms with Crippen LogP contribution < -0.4 is 5.32 Å². The summed E-state index contributed by atoms with van der Waals surface area (Å²) in [6.07, 6.45) is 4.04. The third-order valence-corrected chi connectivity index (χ3v) is 3.30. The Morgan fingerprint density at radius 1 is 1.31 bits per heavy atom. The summed E-state index contributed by atoms with van der Waals surface area (Å²) >= 11 is 0. The number of aliphatic hydroxyl groups excluding tert-OH is 1. The van der Waals surface area contributed by atoms with Crippen LogP contribution in [0.25, 0.3) is 0 Å². The van der Waals surface area contributed by atoms with E-state index in [-0.39, 0.29) is 12.6 Å². The summed E-state index contributed by atoms with van der Waals surface area (Å²) in [5.74, 6) is 1.52. The van der Waals surface area contributed by atoms with Gasteiger partial charge in [0.25, 0.3) is 0 Å². The number of rotatable bonds is 3. The number of hydrogen-bond donors (Lipinski definition) is 2. The first-order valence-electron chi connectivity index (χ1n) is 5.52. The van der Waals surface area contributed by atoms with E-state index in [1.165, 1.54) is 19.3 Å². The summed E-state index contributed by atoms with van der Waals surface area (Å²) in [6.45, 7) is 6.93. The van der Waals surface area contributed by atoms with Gasteiger partial charge in [-0.2, -0.15) is 0 Å². The molecule has 3 atom stereocenters. The minimum Gasteiger partial charge on any atom is -0.395 e. The van der Waals surface area contributed by atoms with E-state index < -0.39 is 0 Å². The first-order valence-corrected chi connectivity index (χ1v) is 5.52. The molecule has 0 aromatic rings. The third kappa shape index (κ3) is 2.96. The molecule has 2 N–H and O–H groups in total. The van der Waals surface area contributed by atoms with Gasteiger partial charge in [0, 0.05) is 12.1 Å². The largest absolute Gasteiger partial charge is 0.395 e. The summed E-state index contributed by atoms with van der Waals surface area (Å²) in [5.41, 5.74) is 0. The molecule has 0 spiro atoms. The zero-order chi connectivity index (χ0) is 9.84. The van der Waals surface area contributed by atoms with Gasteiger partial charge in [0.15, 0.2) is 0 Å². The van der Waals surface area contributed by atoms with Gasteiger partial charge < -0.3 is 10.4 Å². The molecule has 1 aliphatic carbocycles. The second-order valence-corrected chi connectivity index (χ2v) is 4.66. The van der Waals surface area contributed by atoms with Crippen LogP contribution in [0.4, 0.5) is 0 Å². The summed E-state index contributed by atoms with van der Waals surface area (Å²) < 4.78 is 0. The topological polar surface area (TPSA) is 32.3 Å². The lowest BCUT2D eigenvalue weighted by Gasteiger charge is -2.37. The predicted molar refractivity (Wildman–Crippen MR) is 55.7 cm³/mol. The van der Waals surface area contributed by atoms with E-state index in [9.17, 15) is 0 Å². The molecule has 1 rings (SSSR count). The summed E-state index contributed by atoms with van der Waals surface area (Å²) in [7, 11) is 0. The number of hydrogen-bond acceptors (Lipinski definition) is 2. The van der Waals surface area contributed by atoms with Gasteiger partial charge in [-0.15, -0.1) is 0 Å². The molecular weight excluding hydrogens is 162 g/mol.